The summed E-state index contributed by atoms with van der Waals surface area (Å²) in [4.78, 5) is 8.55. The Morgan fingerprint density at radius 2 is 2.14 bits per heavy atom. The van der Waals surface area contributed by atoms with Crippen LogP contribution in [0.25, 0.3) is 0 Å². The monoisotopic (exact) mass is 309 g/mol. The molecule has 0 bridgehead atoms. The first kappa shape index (κ1) is 16.8. The van der Waals surface area contributed by atoms with E-state index in [1.165, 1.54) is 48.8 Å². The Balaban J connectivity index is 1.94. The van der Waals surface area contributed by atoms with Crippen LogP contribution in [0.2, 0.25) is 0 Å². The van der Waals surface area contributed by atoms with Gasteiger partial charge in [-0.05, 0) is 51.0 Å². The van der Waals surface area contributed by atoms with Crippen molar-refractivity contribution in [1.82, 2.24) is 10.3 Å². The van der Waals surface area contributed by atoms with Gasteiger partial charge in [0.2, 0.25) is 0 Å². The second-order valence-corrected chi connectivity index (χ2v) is 7.68. The maximum absolute atomic E-state index is 4.69. The number of nitrogens with one attached hydrogen (secondary N) is 1. The van der Waals surface area contributed by atoms with Gasteiger partial charge in [-0.3, -0.25) is 0 Å². The van der Waals surface area contributed by atoms with E-state index in [2.05, 4.69) is 49.1 Å². The Bertz CT molecular complexity index is 416. The molecule has 120 valence electrons. The van der Waals surface area contributed by atoms with Crippen LogP contribution in [0.3, 0.4) is 0 Å². The average Bonchev–Trinajstić information content (AvgIpc) is 2.82. The zero-order valence-electron chi connectivity index (χ0n) is 14.1. The minimum atomic E-state index is 0.423. The standard InChI is InChI=1S/C17H31N3S/c1-5-9-18-14(4)16-12-19-17(21-16)20-10-6-7-15(8-11-20)13(2)3/h12-15,18H,5-11H2,1-4H3. The summed E-state index contributed by atoms with van der Waals surface area (Å²) in [5.74, 6) is 1.70. The Morgan fingerprint density at radius 1 is 1.33 bits per heavy atom. The van der Waals surface area contributed by atoms with Crippen molar-refractivity contribution < 1.29 is 0 Å². The minimum Gasteiger partial charge on any atom is -0.348 e. The molecular weight excluding hydrogens is 278 g/mol. The number of hydrogen-bond acceptors (Lipinski definition) is 4. The van der Waals surface area contributed by atoms with Crippen LogP contribution in [0, 0.1) is 11.8 Å². The maximum atomic E-state index is 4.69. The predicted molar refractivity (Wildman–Crippen MR) is 93.2 cm³/mol. The summed E-state index contributed by atoms with van der Waals surface area (Å²) in [6.07, 6.45) is 7.25. The van der Waals surface area contributed by atoms with E-state index in [9.17, 15) is 0 Å². The summed E-state index contributed by atoms with van der Waals surface area (Å²) in [6, 6.07) is 0.423. The maximum Gasteiger partial charge on any atom is 0.185 e. The highest BCUT2D eigenvalue weighted by Crippen LogP contribution is 2.31. The fourth-order valence-electron chi connectivity index (χ4n) is 3.06. The van der Waals surface area contributed by atoms with Crippen LogP contribution in [0.4, 0.5) is 5.13 Å². The lowest BCUT2D eigenvalue weighted by Crippen LogP contribution is -2.24. The molecule has 2 atom stereocenters. The minimum absolute atomic E-state index is 0.423. The third-order valence-electron chi connectivity index (χ3n) is 4.62. The van der Waals surface area contributed by atoms with Crippen molar-refractivity contribution in [2.24, 2.45) is 11.8 Å². The van der Waals surface area contributed by atoms with E-state index in [0.29, 0.717) is 6.04 Å². The van der Waals surface area contributed by atoms with Gasteiger partial charge in [-0.15, -0.1) is 11.3 Å². The van der Waals surface area contributed by atoms with E-state index in [0.717, 1.165) is 18.4 Å². The van der Waals surface area contributed by atoms with Gasteiger partial charge in [0, 0.05) is 30.2 Å². The van der Waals surface area contributed by atoms with Gasteiger partial charge in [0.15, 0.2) is 5.13 Å². The quantitative estimate of drug-likeness (QED) is 0.840. The molecule has 0 spiro atoms. The van der Waals surface area contributed by atoms with Gasteiger partial charge in [0.05, 0.1) is 0 Å². The normalized spacial score (nSPS) is 21.6. The summed E-state index contributed by atoms with van der Waals surface area (Å²) in [5.41, 5.74) is 0. The van der Waals surface area contributed by atoms with Crippen LogP contribution in [-0.2, 0) is 0 Å². The molecule has 3 nitrogen and oxygen atoms in total. The third kappa shape index (κ3) is 4.68. The summed E-state index contributed by atoms with van der Waals surface area (Å²) in [7, 11) is 0. The largest absolute Gasteiger partial charge is 0.348 e. The summed E-state index contributed by atoms with van der Waals surface area (Å²) >= 11 is 1.87. The van der Waals surface area contributed by atoms with E-state index in [1.807, 2.05) is 11.3 Å². The van der Waals surface area contributed by atoms with Crippen LogP contribution in [0.15, 0.2) is 6.20 Å². The zero-order valence-corrected chi connectivity index (χ0v) is 14.9. The number of anilines is 1. The molecule has 1 aromatic rings. The number of nitrogens with zero attached hydrogens (tertiary/aromatic N) is 2. The van der Waals surface area contributed by atoms with Crippen molar-refractivity contribution in [3.05, 3.63) is 11.1 Å². The lowest BCUT2D eigenvalue weighted by molar-refractivity contribution is 0.351. The molecule has 0 radical (unpaired) electrons. The molecule has 21 heavy (non-hydrogen) atoms. The second kappa shape index (κ2) is 8.14. The Morgan fingerprint density at radius 3 is 2.86 bits per heavy atom. The molecule has 1 saturated heterocycles. The smallest absolute Gasteiger partial charge is 0.185 e. The first-order valence-electron chi connectivity index (χ1n) is 8.55. The Kier molecular flexibility index (Phi) is 6.49. The second-order valence-electron chi connectivity index (χ2n) is 6.64. The van der Waals surface area contributed by atoms with Crippen LogP contribution < -0.4 is 10.2 Å². The number of rotatable bonds is 6. The lowest BCUT2D eigenvalue weighted by Gasteiger charge is -2.20. The molecule has 1 aromatic heterocycles. The molecule has 1 aliphatic heterocycles. The third-order valence-corrected chi connectivity index (χ3v) is 5.87. The van der Waals surface area contributed by atoms with Crippen molar-refractivity contribution >= 4 is 16.5 Å². The van der Waals surface area contributed by atoms with E-state index in [1.54, 1.807) is 0 Å². The van der Waals surface area contributed by atoms with E-state index < -0.39 is 0 Å². The van der Waals surface area contributed by atoms with Crippen LogP contribution >= 0.6 is 11.3 Å². The molecule has 1 N–H and O–H groups in total. The highest BCUT2D eigenvalue weighted by molar-refractivity contribution is 7.15. The van der Waals surface area contributed by atoms with Crippen molar-refractivity contribution in [2.75, 3.05) is 24.5 Å². The predicted octanol–water partition coefficient (Wildman–Crippen LogP) is 4.47. The molecule has 4 heteroatoms. The van der Waals surface area contributed by atoms with Crippen molar-refractivity contribution in [3.8, 4) is 0 Å². The van der Waals surface area contributed by atoms with Gasteiger partial charge >= 0.3 is 0 Å². The number of aromatic nitrogens is 1. The van der Waals surface area contributed by atoms with Crippen LogP contribution in [0.1, 0.15) is 64.3 Å². The van der Waals surface area contributed by atoms with Gasteiger partial charge in [-0.2, -0.15) is 0 Å². The molecule has 0 aliphatic carbocycles. The van der Waals surface area contributed by atoms with Gasteiger partial charge in [-0.1, -0.05) is 20.8 Å². The SMILES string of the molecule is CCCNC(C)c1cnc(N2CCCC(C(C)C)CC2)s1. The van der Waals surface area contributed by atoms with E-state index in [-0.39, 0.29) is 0 Å². The van der Waals surface area contributed by atoms with Crippen molar-refractivity contribution in [3.63, 3.8) is 0 Å². The van der Waals surface area contributed by atoms with Gasteiger partial charge in [-0.25, -0.2) is 4.98 Å². The average molecular weight is 310 g/mol. The van der Waals surface area contributed by atoms with Gasteiger partial charge in [0.1, 0.15) is 0 Å². The topological polar surface area (TPSA) is 28.2 Å². The molecule has 0 saturated carbocycles. The Hall–Kier alpha value is -0.610. The summed E-state index contributed by atoms with van der Waals surface area (Å²) < 4.78 is 0. The number of thiazole rings is 1. The van der Waals surface area contributed by atoms with Crippen molar-refractivity contribution in [1.29, 1.82) is 0 Å². The first-order chi connectivity index (χ1) is 10.1. The van der Waals surface area contributed by atoms with Gasteiger partial charge < -0.3 is 10.2 Å². The molecule has 2 unspecified atom stereocenters. The van der Waals surface area contributed by atoms with Crippen molar-refractivity contribution in [2.45, 2.75) is 59.4 Å². The molecule has 0 amide bonds. The number of hydrogen-bond donors (Lipinski definition) is 1. The Labute approximate surface area is 134 Å². The van der Waals surface area contributed by atoms with Crippen LogP contribution in [0.5, 0.6) is 0 Å². The molecule has 1 fully saturated rings. The first-order valence-corrected chi connectivity index (χ1v) is 9.37. The highest BCUT2D eigenvalue weighted by Gasteiger charge is 2.21. The summed E-state index contributed by atoms with van der Waals surface area (Å²) in [5, 5.41) is 4.77. The lowest BCUT2D eigenvalue weighted by atomic mass is 9.89. The zero-order chi connectivity index (χ0) is 15.2. The summed E-state index contributed by atoms with van der Waals surface area (Å²) in [6.45, 7) is 12.6. The molecular formula is C17H31N3S. The fraction of sp³-hybridized carbons (Fsp3) is 0.824. The molecule has 0 aromatic carbocycles. The van der Waals surface area contributed by atoms with Gasteiger partial charge in [0.25, 0.3) is 0 Å². The van der Waals surface area contributed by atoms with Crippen LogP contribution in [-0.4, -0.2) is 24.6 Å². The van der Waals surface area contributed by atoms with E-state index in [4.69, 9.17) is 0 Å². The fourth-order valence-corrected chi connectivity index (χ4v) is 4.06. The highest BCUT2D eigenvalue weighted by atomic mass is 32.1. The molecule has 2 heterocycles. The molecule has 1 aliphatic rings. The molecule has 2 rings (SSSR count). The van der Waals surface area contributed by atoms with E-state index >= 15 is 0 Å².